The predicted molar refractivity (Wildman–Crippen MR) is 82.9 cm³/mol. The summed E-state index contributed by atoms with van der Waals surface area (Å²) in [5, 5.41) is 8.98. The molecule has 0 unspecified atom stereocenters. The summed E-state index contributed by atoms with van der Waals surface area (Å²) in [7, 11) is 1.15. The second-order valence-corrected chi connectivity index (χ2v) is 4.29. The van der Waals surface area contributed by atoms with Gasteiger partial charge < -0.3 is 14.7 Å². The fraction of sp³-hybridized carbons (Fsp3) is 0.133. The van der Waals surface area contributed by atoms with E-state index in [2.05, 4.69) is 4.74 Å². The zero-order valence-corrected chi connectivity index (χ0v) is 11.7. The summed E-state index contributed by atoms with van der Waals surface area (Å²) < 4.78 is 5.20. The molecule has 7 nitrogen and oxygen atoms in total. The summed E-state index contributed by atoms with van der Waals surface area (Å²) in [5.41, 5.74) is -0.869. The van der Waals surface area contributed by atoms with Gasteiger partial charge in [0, 0.05) is 0 Å². The molecule has 116 valence electrons. The van der Waals surface area contributed by atoms with Crippen molar-refractivity contribution in [2.24, 2.45) is 0 Å². The van der Waals surface area contributed by atoms with Gasteiger partial charge >= 0.3 is 30.8 Å². The van der Waals surface area contributed by atoms with Crippen LogP contribution in [0.25, 0.3) is 0 Å². The van der Waals surface area contributed by atoms with Crippen LogP contribution in [0.2, 0.25) is 0 Å². The fourth-order valence-corrected chi connectivity index (χ4v) is 1.78. The molecule has 0 fully saturated rings. The zero-order chi connectivity index (χ0) is 16.1. The molecule has 0 bridgehead atoms. The Kier molecular flexibility index (Phi) is 6.63. The molecule has 8 heteroatoms. The molecule has 0 aliphatic heterocycles. The van der Waals surface area contributed by atoms with Crippen molar-refractivity contribution >= 4 is 30.8 Å². The molecule has 0 spiro atoms. The molecule has 1 aromatic heterocycles. The van der Waals surface area contributed by atoms with Gasteiger partial charge in [-0.25, -0.2) is 9.59 Å². The van der Waals surface area contributed by atoms with Crippen LogP contribution in [0.15, 0.2) is 47.3 Å². The van der Waals surface area contributed by atoms with Crippen LogP contribution in [0.1, 0.15) is 26.4 Å². The summed E-state index contributed by atoms with van der Waals surface area (Å²) in [6.07, 6.45) is 0. The van der Waals surface area contributed by atoms with Gasteiger partial charge in [-0.05, 0) is 17.7 Å². The van der Waals surface area contributed by atoms with E-state index in [0.717, 1.165) is 18.7 Å². The van der Waals surface area contributed by atoms with Gasteiger partial charge in [0.2, 0.25) is 0 Å². The summed E-state index contributed by atoms with van der Waals surface area (Å²) in [6.45, 7) is -0.00614. The standard InChI is InChI=1S/C15H13NO6.Li.H/c1-21-15(20)12-8-7-11(14(18)19)13(17)16(12)22-9-10-5-3-2-4-6-10;;/h2-8H,9H2,1H3,(H,18,19);;. The number of carboxylic acids is 1. The molecular weight excluding hydrogens is 297 g/mol. The van der Waals surface area contributed by atoms with Gasteiger partial charge in [-0.1, -0.05) is 30.3 Å². The Morgan fingerprint density at radius 3 is 2.35 bits per heavy atom. The van der Waals surface area contributed by atoms with Crippen molar-refractivity contribution < 1.29 is 24.3 Å². The number of aromatic nitrogens is 1. The number of pyridine rings is 1. The summed E-state index contributed by atoms with van der Waals surface area (Å²) in [5.74, 6) is -2.21. The molecule has 23 heavy (non-hydrogen) atoms. The number of carboxylic acid groups (broad SMARTS) is 1. The van der Waals surface area contributed by atoms with Crippen LogP contribution in [-0.2, 0) is 11.3 Å². The molecule has 2 rings (SSSR count). The van der Waals surface area contributed by atoms with E-state index < -0.39 is 23.1 Å². The molecule has 1 aromatic carbocycles. The summed E-state index contributed by atoms with van der Waals surface area (Å²) >= 11 is 0. The summed E-state index contributed by atoms with van der Waals surface area (Å²) in [4.78, 5) is 40.1. The van der Waals surface area contributed by atoms with Crippen molar-refractivity contribution in [3.63, 3.8) is 0 Å². The molecule has 0 atom stereocenters. The van der Waals surface area contributed by atoms with E-state index in [9.17, 15) is 14.4 Å². The van der Waals surface area contributed by atoms with E-state index in [0.29, 0.717) is 4.73 Å². The Balaban J connectivity index is 0.00000264. The van der Waals surface area contributed by atoms with Gasteiger partial charge in [0.15, 0.2) is 5.69 Å². The van der Waals surface area contributed by atoms with Gasteiger partial charge in [0.05, 0.1) is 7.11 Å². The third-order valence-corrected chi connectivity index (χ3v) is 2.87. The molecule has 1 N–H and O–H groups in total. The number of rotatable bonds is 5. The van der Waals surface area contributed by atoms with Gasteiger partial charge in [0.1, 0.15) is 12.2 Å². The number of ether oxygens (including phenoxy) is 1. The van der Waals surface area contributed by atoms with Crippen molar-refractivity contribution in [2.75, 3.05) is 7.11 Å². The maximum absolute atomic E-state index is 12.1. The number of esters is 1. The van der Waals surface area contributed by atoms with E-state index in [-0.39, 0.29) is 31.2 Å². The number of methoxy groups -OCH3 is 1. The Hall–Kier alpha value is -2.49. The van der Waals surface area contributed by atoms with Crippen molar-refractivity contribution in [3.05, 3.63) is 69.6 Å². The molecular formula is C15H14LiNO6. The molecule has 0 radical (unpaired) electrons. The van der Waals surface area contributed by atoms with Crippen LogP contribution < -0.4 is 10.4 Å². The van der Waals surface area contributed by atoms with Crippen LogP contribution >= 0.6 is 0 Å². The van der Waals surface area contributed by atoms with E-state index in [1.54, 1.807) is 24.3 Å². The number of hydrogen-bond acceptors (Lipinski definition) is 5. The number of nitrogens with zero attached hydrogens (tertiary/aromatic N) is 1. The Morgan fingerprint density at radius 1 is 1.13 bits per heavy atom. The first-order chi connectivity index (χ1) is 10.5. The average molecular weight is 311 g/mol. The zero-order valence-electron chi connectivity index (χ0n) is 11.7. The third kappa shape index (κ3) is 4.25. The first-order valence-electron chi connectivity index (χ1n) is 6.29. The topological polar surface area (TPSA) is 94.8 Å². The normalized spacial score (nSPS) is 9.61. The predicted octanol–water partition coefficient (Wildman–Crippen LogP) is 0.313. The molecule has 0 saturated carbocycles. The molecule has 0 aliphatic rings. The van der Waals surface area contributed by atoms with E-state index in [1.165, 1.54) is 6.07 Å². The van der Waals surface area contributed by atoms with Crippen LogP contribution in [0.4, 0.5) is 0 Å². The fourth-order valence-electron chi connectivity index (χ4n) is 1.78. The molecule has 0 aliphatic carbocycles. The average Bonchev–Trinajstić information content (AvgIpc) is 2.53. The van der Waals surface area contributed by atoms with E-state index >= 15 is 0 Å². The number of carbonyl (C=O) groups excluding carboxylic acids is 1. The Morgan fingerprint density at radius 2 is 1.78 bits per heavy atom. The number of benzene rings is 1. The van der Waals surface area contributed by atoms with Crippen molar-refractivity contribution in [1.29, 1.82) is 0 Å². The molecule has 2 aromatic rings. The first-order valence-corrected chi connectivity index (χ1v) is 6.29. The molecule has 0 amide bonds. The van der Waals surface area contributed by atoms with Crippen molar-refractivity contribution in [2.45, 2.75) is 6.61 Å². The van der Waals surface area contributed by atoms with Crippen LogP contribution in [0, 0.1) is 0 Å². The number of aromatic carboxylic acids is 1. The first kappa shape index (κ1) is 18.6. The minimum absolute atomic E-state index is 0. The van der Waals surface area contributed by atoms with Crippen molar-refractivity contribution in [3.8, 4) is 0 Å². The van der Waals surface area contributed by atoms with Crippen LogP contribution in [-0.4, -0.2) is 47.7 Å². The summed E-state index contributed by atoms with van der Waals surface area (Å²) in [6, 6.07) is 11.1. The second kappa shape index (κ2) is 8.22. The SMILES string of the molecule is COC(=O)c1ccc(C(=O)O)c(=O)n1OCc1ccccc1.[LiH]. The third-order valence-electron chi connectivity index (χ3n) is 2.87. The monoisotopic (exact) mass is 311 g/mol. The van der Waals surface area contributed by atoms with E-state index in [1.807, 2.05) is 6.07 Å². The Bertz CT molecular complexity index is 756. The van der Waals surface area contributed by atoms with Crippen LogP contribution in [0.3, 0.4) is 0 Å². The van der Waals surface area contributed by atoms with Crippen LogP contribution in [0.5, 0.6) is 0 Å². The minimum atomic E-state index is -1.40. The second-order valence-electron chi connectivity index (χ2n) is 4.29. The van der Waals surface area contributed by atoms with Crippen molar-refractivity contribution in [1.82, 2.24) is 4.73 Å². The van der Waals surface area contributed by atoms with Gasteiger partial charge in [0.25, 0.3) is 5.56 Å². The number of carbonyl (C=O) groups is 2. The van der Waals surface area contributed by atoms with Gasteiger partial charge in [-0.15, -0.1) is 4.73 Å². The molecule has 0 saturated heterocycles. The van der Waals surface area contributed by atoms with Gasteiger partial charge in [-0.2, -0.15) is 0 Å². The number of hydrogen-bond donors (Lipinski definition) is 1. The maximum atomic E-state index is 12.1. The quantitative estimate of drug-likeness (QED) is 0.631. The Labute approximate surface area is 143 Å². The molecule has 1 heterocycles. The van der Waals surface area contributed by atoms with Gasteiger partial charge in [-0.3, -0.25) is 4.79 Å². The van der Waals surface area contributed by atoms with E-state index in [4.69, 9.17) is 9.94 Å².